The lowest BCUT2D eigenvalue weighted by atomic mass is 10.3. The van der Waals surface area contributed by atoms with E-state index in [2.05, 4.69) is 24.3 Å². The predicted molar refractivity (Wildman–Crippen MR) is 92.7 cm³/mol. The van der Waals surface area contributed by atoms with Crippen LogP contribution < -0.4 is 5.32 Å². The smallest absolute Gasteiger partial charge is 0.226 e. The number of carbonyl (C=O) groups is 1. The summed E-state index contributed by atoms with van der Waals surface area (Å²) >= 11 is 7.68. The van der Waals surface area contributed by atoms with Crippen LogP contribution in [-0.4, -0.2) is 21.4 Å². The zero-order valence-corrected chi connectivity index (χ0v) is 14.3. The predicted octanol–water partition coefficient (Wildman–Crippen LogP) is 4.63. The number of amides is 1. The molecular weight excluding hydrogens is 318 g/mol. The second-order valence-corrected chi connectivity index (χ2v) is 6.54. The molecule has 0 aliphatic carbocycles. The van der Waals surface area contributed by atoms with Crippen molar-refractivity contribution in [2.75, 3.05) is 11.1 Å². The molecule has 1 heterocycles. The molecule has 0 radical (unpaired) electrons. The lowest BCUT2D eigenvalue weighted by Gasteiger charge is -2.14. The Balaban J connectivity index is 1.84. The van der Waals surface area contributed by atoms with Gasteiger partial charge in [0.1, 0.15) is 5.82 Å². The molecule has 118 valence electrons. The fraction of sp³-hybridized carbons (Fsp3) is 0.375. The van der Waals surface area contributed by atoms with Gasteiger partial charge in [0.25, 0.3) is 0 Å². The Morgan fingerprint density at radius 3 is 2.91 bits per heavy atom. The maximum Gasteiger partial charge on any atom is 0.226 e. The molecule has 1 amide bonds. The highest BCUT2D eigenvalue weighted by Gasteiger charge is 2.11. The summed E-state index contributed by atoms with van der Waals surface area (Å²) in [4.78, 5) is 13.1. The molecule has 1 unspecified atom stereocenters. The lowest BCUT2D eigenvalue weighted by molar-refractivity contribution is -0.115. The number of carbonyl (C=O) groups excluding carboxylic acids is 1. The molecule has 0 aliphatic heterocycles. The average Bonchev–Trinajstić information content (AvgIpc) is 2.96. The van der Waals surface area contributed by atoms with Crippen molar-refractivity contribution in [1.82, 2.24) is 9.78 Å². The van der Waals surface area contributed by atoms with E-state index in [1.807, 2.05) is 35.0 Å². The summed E-state index contributed by atoms with van der Waals surface area (Å²) in [5.41, 5.74) is 0. The van der Waals surface area contributed by atoms with Crippen LogP contribution in [-0.2, 0) is 4.79 Å². The minimum Gasteiger partial charge on any atom is -0.311 e. The van der Waals surface area contributed by atoms with Crippen molar-refractivity contribution in [2.24, 2.45) is 0 Å². The van der Waals surface area contributed by atoms with Gasteiger partial charge in [0.15, 0.2) is 0 Å². The van der Waals surface area contributed by atoms with Crippen molar-refractivity contribution < 1.29 is 4.79 Å². The quantitative estimate of drug-likeness (QED) is 0.749. The number of hydrogen-bond acceptors (Lipinski definition) is 3. The Labute approximate surface area is 140 Å². The topological polar surface area (TPSA) is 46.9 Å². The molecule has 4 nitrogen and oxygen atoms in total. The molecule has 1 aromatic carbocycles. The molecule has 2 aromatic rings. The van der Waals surface area contributed by atoms with Gasteiger partial charge < -0.3 is 5.32 Å². The van der Waals surface area contributed by atoms with Gasteiger partial charge in [-0.3, -0.25) is 4.79 Å². The van der Waals surface area contributed by atoms with Gasteiger partial charge in [0.05, 0.1) is 17.3 Å². The summed E-state index contributed by atoms with van der Waals surface area (Å²) in [7, 11) is 0. The molecule has 0 saturated carbocycles. The van der Waals surface area contributed by atoms with Crippen LogP contribution in [0.2, 0.25) is 5.02 Å². The number of aromatic nitrogens is 2. The number of rotatable bonds is 7. The van der Waals surface area contributed by atoms with Crippen LogP contribution in [0.25, 0.3) is 0 Å². The molecule has 1 aromatic heterocycles. The summed E-state index contributed by atoms with van der Waals surface area (Å²) in [6.07, 6.45) is 3.11. The molecular formula is C16H20ClN3OS. The third-order valence-corrected chi connectivity index (χ3v) is 4.89. The first-order valence-electron chi connectivity index (χ1n) is 7.32. The van der Waals surface area contributed by atoms with Gasteiger partial charge in [-0.25, -0.2) is 4.68 Å². The first-order valence-corrected chi connectivity index (χ1v) is 8.69. The lowest BCUT2D eigenvalue weighted by Crippen LogP contribution is -2.17. The number of thioether (sulfide) groups is 1. The van der Waals surface area contributed by atoms with Crippen LogP contribution >= 0.6 is 23.4 Å². The highest BCUT2D eigenvalue weighted by molar-refractivity contribution is 7.99. The largest absolute Gasteiger partial charge is 0.311 e. The molecule has 0 fully saturated rings. The minimum absolute atomic E-state index is 0.00962. The summed E-state index contributed by atoms with van der Waals surface area (Å²) in [6.45, 7) is 4.17. The minimum atomic E-state index is -0.00962. The highest BCUT2D eigenvalue weighted by Crippen LogP contribution is 2.27. The van der Waals surface area contributed by atoms with E-state index in [9.17, 15) is 4.79 Å². The van der Waals surface area contributed by atoms with E-state index in [0.29, 0.717) is 12.2 Å². The van der Waals surface area contributed by atoms with Crippen LogP contribution in [0.3, 0.4) is 0 Å². The molecule has 0 aliphatic rings. The van der Waals surface area contributed by atoms with Gasteiger partial charge in [-0.05, 0) is 25.5 Å². The summed E-state index contributed by atoms with van der Waals surface area (Å²) < 4.78 is 1.85. The molecule has 0 saturated heterocycles. The van der Waals surface area contributed by atoms with Gasteiger partial charge >= 0.3 is 0 Å². The monoisotopic (exact) mass is 337 g/mol. The van der Waals surface area contributed by atoms with Crippen molar-refractivity contribution in [3.05, 3.63) is 41.6 Å². The van der Waals surface area contributed by atoms with Crippen LogP contribution in [0, 0.1) is 0 Å². The zero-order chi connectivity index (χ0) is 15.9. The first-order chi connectivity index (χ1) is 10.6. The Kier molecular flexibility index (Phi) is 6.34. The third-order valence-electron chi connectivity index (χ3n) is 3.37. The number of halogens is 1. The zero-order valence-electron chi connectivity index (χ0n) is 12.8. The fourth-order valence-electron chi connectivity index (χ4n) is 1.96. The summed E-state index contributed by atoms with van der Waals surface area (Å²) in [5.74, 6) is 1.43. The second-order valence-electron chi connectivity index (χ2n) is 5.00. The second kappa shape index (κ2) is 8.25. The highest BCUT2D eigenvalue weighted by atomic mass is 35.5. The number of nitrogens with one attached hydrogen (secondary N) is 1. The van der Waals surface area contributed by atoms with Gasteiger partial charge in [-0.1, -0.05) is 30.7 Å². The molecule has 22 heavy (non-hydrogen) atoms. The summed E-state index contributed by atoms with van der Waals surface area (Å²) in [6, 6.07) is 9.75. The number of anilines is 1. The molecule has 1 N–H and O–H groups in total. The van der Waals surface area contributed by atoms with Gasteiger partial charge in [-0.15, -0.1) is 11.8 Å². The first kappa shape index (κ1) is 16.9. The van der Waals surface area contributed by atoms with Crippen LogP contribution in [0.15, 0.2) is 41.4 Å². The third kappa shape index (κ3) is 4.52. The Hall–Kier alpha value is -1.46. The van der Waals surface area contributed by atoms with Gasteiger partial charge in [0.2, 0.25) is 5.91 Å². The van der Waals surface area contributed by atoms with Crippen LogP contribution in [0.1, 0.15) is 32.7 Å². The van der Waals surface area contributed by atoms with E-state index in [1.54, 1.807) is 18.0 Å². The van der Waals surface area contributed by atoms with E-state index in [0.717, 1.165) is 22.2 Å². The maximum absolute atomic E-state index is 12.1. The number of nitrogens with zero attached hydrogens (tertiary/aromatic N) is 2. The molecule has 2 rings (SSSR count). The van der Waals surface area contributed by atoms with Crippen LogP contribution in [0.4, 0.5) is 5.82 Å². The van der Waals surface area contributed by atoms with Gasteiger partial charge in [0, 0.05) is 23.1 Å². The van der Waals surface area contributed by atoms with Crippen molar-refractivity contribution in [3.63, 3.8) is 0 Å². The Bertz CT molecular complexity index is 629. The normalized spacial score (nSPS) is 12.1. The molecule has 1 atom stereocenters. The summed E-state index contributed by atoms with van der Waals surface area (Å²) in [5, 5.41) is 7.91. The SMILES string of the molecule is CCC(C)n1nccc1NC(=O)CCSc1ccccc1Cl. The average molecular weight is 338 g/mol. The fourth-order valence-corrected chi connectivity index (χ4v) is 3.15. The van der Waals surface area contributed by atoms with Crippen molar-refractivity contribution in [1.29, 1.82) is 0 Å². The van der Waals surface area contributed by atoms with Crippen LogP contribution in [0.5, 0.6) is 0 Å². The van der Waals surface area contributed by atoms with E-state index < -0.39 is 0 Å². The van der Waals surface area contributed by atoms with E-state index in [1.165, 1.54) is 0 Å². The number of benzene rings is 1. The number of hydrogen-bond donors (Lipinski definition) is 1. The molecule has 0 spiro atoms. The van der Waals surface area contributed by atoms with E-state index in [-0.39, 0.29) is 11.9 Å². The Morgan fingerprint density at radius 2 is 2.18 bits per heavy atom. The van der Waals surface area contributed by atoms with Crippen molar-refractivity contribution in [3.8, 4) is 0 Å². The standard InChI is InChI=1S/C16H20ClN3OS/c1-3-12(2)20-15(8-10-18-20)19-16(21)9-11-22-14-7-5-4-6-13(14)17/h4-8,10,12H,3,9,11H2,1-2H3,(H,19,21). The maximum atomic E-state index is 12.1. The van der Waals surface area contributed by atoms with Crippen molar-refractivity contribution >= 4 is 35.1 Å². The van der Waals surface area contributed by atoms with Gasteiger partial charge in [-0.2, -0.15) is 5.10 Å². The van der Waals surface area contributed by atoms with E-state index >= 15 is 0 Å². The van der Waals surface area contributed by atoms with E-state index in [4.69, 9.17) is 11.6 Å². The molecule has 0 bridgehead atoms. The van der Waals surface area contributed by atoms with Crippen molar-refractivity contribution in [2.45, 2.75) is 37.6 Å². The Morgan fingerprint density at radius 1 is 1.41 bits per heavy atom. The molecule has 6 heteroatoms.